The number of carbonyl (C=O) groups excluding carboxylic acids is 1. The molecule has 2 aliphatic rings. The number of allylic oxidation sites excluding steroid dienone is 2. The smallest absolute Gasteiger partial charge is 0.328 e. The van der Waals surface area contributed by atoms with Crippen LogP contribution in [-0.2, 0) is 11.0 Å². The van der Waals surface area contributed by atoms with Gasteiger partial charge in [0.25, 0.3) is 5.82 Å². The average Bonchev–Trinajstić information content (AvgIpc) is 3.16. The molecule has 1 aliphatic carbocycles. The third-order valence-electron chi connectivity index (χ3n) is 5.64. The molecule has 32 heavy (non-hydrogen) atoms. The van der Waals surface area contributed by atoms with E-state index in [-0.39, 0.29) is 35.2 Å². The van der Waals surface area contributed by atoms with Crippen molar-refractivity contribution in [2.24, 2.45) is 0 Å². The highest BCUT2D eigenvalue weighted by atomic mass is 19.4. The van der Waals surface area contributed by atoms with Crippen LogP contribution in [-0.4, -0.2) is 20.5 Å². The maximum absolute atomic E-state index is 14.0. The van der Waals surface area contributed by atoms with Gasteiger partial charge in [-0.3, -0.25) is 4.79 Å². The number of ketones is 1. The SMILES string of the molecule is O=C1C[C@@H](c2ccccc2)CC2=C1[C@H](c1cc(F)cc(F)c1)n1nc(C(F)(F)F)nc1N2. The molecule has 0 saturated carbocycles. The highest BCUT2D eigenvalue weighted by Crippen LogP contribution is 2.45. The molecule has 1 aliphatic heterocycles. The second-order valence-corrected chi connectivity index (χ2v) is 7.76. The predicted octanol–water partition coefficient (Wildman–Crippen LogP) is 4.99. The molecule has 0 radical (unpaired) electrons. The van der Waals surface area contributed by atoms with Gasteiger partial charge in [0.1, 0.15) is 17.7 Å². The third-order valence-corrected chi connectivity index (χ3v) is 5.64. The van der Waals surface area contributed by atoms with Crippen molar-refractivity contribution in [2.75, 3.05) is 5.32 Å². The van der Waals surface area contributed by atoms with Crippen LogP contribution in [0.25, 0.3) is 0 Å². The van der Waals surface area contributed by atoms with Gasteiger partial charge < -0.3 is 5.32 Å². The lowest BCUT2D eigenvalue weighted by Crippen LogP contribution is -2.33. The van der Waals surface area contributed by atoms with E-state index in [4.69, 9.17) is 0 Å². The Bertz CT molecular complexity index is 1230. The van der Waals surface area contributed by atoms with E-state index in [1.165, 1.54) is 0 Å². The number of nitrogens with zero attached hydrogens (tertiary/aromatic N) is 3. The monoisotopic (exact) mass is 446 g/mol. The Morgan fingerprint density at radius 2 is 1.66 bits per heavy atom. The van der Waals surface area contributed by atoms with Crippen molar-refractivity contribution in [3.63, 3.8) is 0 Å². The first kappa shape index (κ1) is 20.3. The predicted molar refractivity (Wildman–Crippen MR) is 104 cm³/mol. The maximum Gasteiger partial charge on any atom is 0.453 e. The van der Waals surface area contributed by atoms with Gasteiger partial charge in [0.05, 0.1) is 0 Å². The minimum absolute atomic E-state index is 0.0251. The Morgan fingerprint density at radius 3 is 2.31 bits per heavy atom. The number of halogens is 5. The van der Waals surface area contributed by atoms with Gasteiger partial charge >= 0.3 is 6.18 Å². The van der Waals surface area contributed by atoms with Gasteiger partial charge in [-0.15, -0.1) is 5.10 Å². The molecule has 2 heterocycles. The van der Waals surface area contributed by atoms with E-state index < -0.39 is 29.7 Å². The Kier molecular flexibility index (Phi) is 4.61. The normalized spacial score (nSPS) is 20.6. The summed E-state index contributed by atoms with van der Waals surface area (Å²) >= 11 is 0. The Labute approximate surface area is 178 Å². The zero-order chi connectivity index (χ0) is 22.6. The molecule has 2 aromatic carbocycles. The Balaban J connectivity index is 1.66. The number of rotatable bonds is 2. The van der Waals surface area contributed by atoms with Gasteiger partial charge in [-0.2, -0.15) is 18.2 Å². The number of aromatic nitrogens is 3. The summed E-state index contributed by atoms with van der Waals surface area (Å²) < 4.78 is 68.7. The molecule has 1 aromatic heterocycles. The van der Waals surface area contributed by atoms with Crippen LogP contribution in [0.2, 0.25) is 0 Å². The number of Topliss-reactive ketones (excluding diaryl/α,β-unsaturated/α-hetero) is 1. The van der Waals surface area contributed by atoms with Gasteiger partial charge in [0, 0.05) is 23.8 Å². The molecule has 0 fully saturated rings. The van der Waals surface area contributed by atoms with Crippen LogP contribution in [0.5, 0.6) is 0 Å². The van der Waals surface area contributed by atoms with E-state index in [2.05, 4.69) is 15.4 Å². The maximum atomic E-state index is 14.0. The van der Waals surface area contributed by atoms with E-state index in [1.54, 1.807) is 0 Å². The van der Waals surface area contributed by atoms with E-state index in [0.717, 1.165) is 22.4 Å². The van der Waals surface area contributed by atoms with Crippen LogP contribution in [0.3, 0.4) is 0 Å². The van der Waals surface area contributed by atoms with E-state index in [0.29, 0.717) is 18.2 Å². The zero-order valence-corrected chi connectivity index (χ0v) is 16.3. The second-order valence-electron chi connectivity index (χ2n) is 7.76. The number of benzene rings is 2. The third kappa shape index (κ3) is 3.45. The average molecular weight is 446 g/mol. The molecule has 5 rings (SSSR count). The fraction of sp³-hybridized carbons (Fsp3) is 0.227. The summed E-state index contributed by atoms with van der Waals surface area (Å²) in [6, 6.07) is 10.6. The van der Waals surface area contributed by atoms with Gasteiger partial charge in [-0.1, -0.05) is 30.3 Å². The van der Waals surface area contributed by atoms with Gasteiger partial charge in [0.2, 0.25) is 5.95 Å². The summed E-state index contributed by atoms with van der Waals surface area (Å²) in [5, 5.41) is 6.34. The van der Waals surface area contributed by atoms with Crippen molar-refractivity contribution in [1.82, 2.24) is 14.8 Å². The molecule has 0 saturated heterocycles. The van der Waals surface area contributed by atoms with Crippen LogP contribution in [0.4, 0.5) is 27.9 Å². The first-order valence-corrected chi connectivity index (χ1v) is 9.78. The number of alkyl halides is 3. The Hall–Kier alpha value is -3.56. The molecule has 0 bridgehead atoms. The topological polar surface area (TPSA) is 59.8 Å². The van der Waals surface area contributed by atoms with E-state index in [9.17, 15) is 26.7 Å². The highest BCUT2D eigenvalue weighted by molar-refractivity contribution is 6.00. The largest absolute Gasteiger partial charge is 0.453 e. The lowest BCUT2D eigenvalue weighted by Gasteiger charge is -2.35. The number of fused-ring (bicyclic) bond motifs is 1. The number of carbonyl (C=O) groups is 1. The van der Waals surface area contributed by atoms with Crippen molar-refractivity contribution in [1.29, 1.82) is 0 Å². The standard InChI is InChI=1S/C22H15F5N4O/c23-14-6-13(7-15(24)10-14)19-18-16(28-21-29-20(22(25,26)27)30-31(19)21)8-12(9-17(18)32)11-4-2-1-3-5-11/h1-7,10,12,19H,8-9H2,(H,28,29,30)/t12-,19-/m0/s1. The Morgan fingerprint density at radius 1 is 0.969 bits per heavy atom. The van der Waals surface area contributed by atoms with E-state index in [1.807, 2.05) is 30.3 Å². The molecular weight excluding hydrogens is 431 g/mol. The molecule has 5 nitrogen and oxygen atoms in total. The molecule has 2 atom stereocenters. The first-order valence-electron chi connectivity index (χ1n) is 9.78. The van der Waals surface area contributed by atoms with Crippen molar-refractivity contribution in [3.8, 4) is 0 Å². The minimum Gasteiger partial charge on any atom is -0.328 e. The molecule has 0 unspecified atom stereocenters. The zero-order valence-electron chi connectivity index (χ0n) is 16.3. The summed E-state index contributed by atoms with van der Waals surface area (Å²) in [6.07, 6.45) is -4.40. The van der Waals surface area contributed by atoms with Gasteiger partial charge in [-0.25, -0.2) is 13.5 Å². The van der Waals surface area contributed by atoms with Gasteiger partial charge in [-0.05, 0) is 35.6 Å². The number of anilines is 1. The van der Waals surface area contributed by atoms with Crippen LogP contribution in [0.15, 0.2) is 59.8 Å². The van der Waals surface area contributed by atoms with Crippen molar-refractivity contribution >= 4 is 11.7 Å². The van der Waals surface area contributed by atoms with E-state index >= 15 is 0 Å². The summed E-state index contributed by atoms with van der Waals surface area (Å²) in [5.41, 5.74) is 1.39. The number of hydrogen-bond donors (Lipinski definition) is 1. The molecule has 164 valence electrons. The summed E-state index contributed by atoms with van der Waals surface area (Å²) in [4.78, 5) is 16.7. The van der Waals surface area contributed by atoms with Crippen LogP contribution in [0, 0.1) is 11.6 Å². The number of nitrogens with one attached hydrogen (secondary N) is 1. The number of hydrogen-bond acceptors (Lipinski definition) is 4. The lowest BCUT2D eigenvalue weighted by atomic mass is 9.78. The van der Waals surface area contributed by atoms with Crippen LogP contribution in [0.1, 0.15) is 41.8 Å². The quantitative estimate of drug-likeness (QED) is 0.564. The molecule has 1 N–H and O–H groups in total. The van der Waals surface area contributed by atoms with Crippen LogP contribution < -0.4 is 5.32 Å². The van der Waals surface area contributed by atoms with Crippen molar-refractivity contribution in [2.45, 2.75) is 31.0 Å². The van der Waals surface area contributed by atoms with Crippen molar-refractivity contribution < 1.29 is 26.7 Å². The minimum atomic E-state index is -4.83. The van der Waals surface area contributed by atoms with Gasteiger partial charge in [0.15, 0.2) is 5.78 Å². The highest BCUT2D eigenvalue weighted by Gasteiger charge is 2.43. The lowest BCUT2D eigenvalue weighted by molar-refractivity contribution is -0.145. The molecule has 3 aromatic rings. The summed E-state index contributed by atoms with van der Waals surface area (Å²) in [7, 11) is 0. The fourth-order valence-corrected chi connectivity index (χ4v) is 4.33. The molecular formula is C22H15F5N4O. The van der Waals surface area contributed by atoms with Crippen LogP contribution >= 0.6 is 0 Å². The fourth-order valence-electron chi connectivity index (χ4n) is 4.33. The summed E-state index contributed by atoms with van der Waals surface area (Å²) in [6.45, 7) is 0. The summed E-state index contributed by atoms with van der Waals surface area (Å²) in [5.74, 6) is -4.01. The first-order chi connectivity index (χ1) is 15.2. The molecule has 0 spiro atoms. The molecule has 10 heteroatoms. The second kappa shape index (κ2) is 7.25. The molecule has 0 amide bonds. The van der Waals surface area contributed by atoms with Crippen molar-refractivity contribution in [3.05, 3.63) is 88.4 Å².